The molecule has 0 amide bonds. The van der Waals surface area contributed by atoms with Gasteiger partial charge in [0.25, 0.3) is 0 Å². The molecule has 1 N–H and O–H groups in total. The molecule has 1 unspecified atom stereocenters. The Labute approximate surface area is 126 Å². The molecular weight excluding hydrogens is 290 g/mol. The molecule has 5 nitrogen and oxygen atoms in total. The van der Waals surface area contributed by atoms with Crippen LogP contribution in [-0.4, -0.2) is 24.3 Å². The van der Waals surface area contributed by atoms with Crippen molar-refractivity contribution in [3.63, 3.8) is 0 Å². The number of aromatic amines is 1. The number of H-pyrrole nitrogens is 1. The van der Waals surface area contributed by atoms with Crippen LogP contribution >= 0.6 is 23.6 Å². The van der Waals surface area contributed by atoms with Crippen molar-refractivity contribution in [2.75, 3.05) is 0 Å². The van der Waals surface area contributed by atoms with Gasteiger partial charge in [-0.15, -0.1) is 11.3 Å². The van der Waals surface area contributed by atoms with E-state index in [9.17, 15) is 0 Å². The Hall–Kier alpha value is -1.47. The Morgan fingerprint density at radius 2 is 2.25 bits per heavy atom. The molecular formula is C13H17N5S2. The first-order valence-electron chi connectivity index (χ1n) is 6.72. The highest BCUT2D eigenvalue weighted by molar-refractivity contribution is 7.71. The summed E-state index contributed by atoms with van der Waals surface area (Å²) in [7, 11) is 1.97. The summed E-state index contributed by atoms with van der Waals surface area (Å²) >= 11 is 7.20. The average molecular weight is 307 g/mol. The number of nitrogens with one attached hydrogen (secondary N) is 1. The molecule has 0 aliphatic carbocycles. The number of hydrogen-bond acceptors (Lipinski definition) is 4. The van der Waals surface area contributed by atoms with Gasteiger partial charge in [-0.25, -0.2) is 4.98 Å². The van der Waals surface area contributed by atoms with Crippen molar-refractivity contribution in [1.82, 2.24) is 24.3 Å². The third kappa shape index (κ3) is 1.92. The number of rotatable bonds is 4. The highest BCUT2D eigenvalue weighted by Crippen LogP contribution is 2.29. The van der Waals surface area contributed by atoms with Crippen LogP contribution in [0.25, 0.3) is 11.2 Å². The zero-order chi connectivity index (χ0) is 14.3. The summed E-state index contributed by atoms with van der Waals surface area (Å²) in [5, 5.41) is 7.66. The molecule has 3 aromatic heterocycles. The SMILES string of the molecule is CCc1nn(C)c2c1[nH]c(=S)n2C(CC)c1nccs1. The monoisotopic (exact) mass is 307 g/mol. The van der Waals surface area contributed by atoms with Crippen LogP contribution in [0.2, 0.25) is 0 Å². The Morgan fingerprint density at radius 1 is 1.45 bits per heavy atom. The summed E-state index contributed by atoms with van der Waals surface area (Å²) in [4.78, 5) is 7.77. The van der Waals surface area contributed by atoms with Gasteiger partial charge in [0.1, 0.15) is 10.5 Å². The average Bonchev–Trinajstić information content (AvgIpc) is 3.11. The molecule has 0 aliphatic rings. The van der Waals surface area contributed by atoms with E-state index in [-0.39, 0.29) is 6.04 Å². The lowest BCUT2D eigenvalue weighted by atomic mass is 10.2. The van der Waals surface area contributed by atoms with Crippen LogP contribution in [0.15, 0.2) is 11.6 Å². The standard InChI is InChI=1S/C13H17N5S2/c1-4-8-10-12(17(3)16-8)18(13(19)15-10)9(5-2)11-14-6-7-20-11/h6-7,9H,4-5H2,1-3H3,(H,15,19). The van der Waals surface area contributed by atoms with Gasteiger partial charge >= 0.3 is 0 Å². The second-order valence-corrected chi connectivity index (χ2v) is 6.03. The Kier molecular flexibility index (Phi) is 3.47. The fourth-order valence-corrected chi connectivity index (χ4v) is 3.77. The number of aryl methyl sites for hydroxylation is 2. The van der Waals surface area contributed by atoms with Crippen molar-refractivity contribution < 1.29 is 0 Å². The Bertz CT molecular complexity index is 778. The topological polar surface area (TPSA) is 51.4 Å². The first-order chi connectivity index (χ1) is 9.67. The normalized spacial score (nSPS) is 13.2. The Balaban J connectivity index is 2.27. The molecule has 1 atom stereocenters. The zero-order valence-corrected chi connectivity index (χ0v) is 13.4. The number of imidazole rings is 1. The summed E-state index contributed by atoms with van der Waals surface area (Å²) in [6, 6.07) is 0.163. The highest BCUT2D eigenvalue weighted by atomic mass is 32.1. The summed E-state index contributed by atoms with van der Waals surface area (Å²) < 4.78 is 4.80. The molecule has 0 spiro atoms. The van der Waals surface area contributed by atoms with Crippen molar-refractivity contribution in [1.29, 1.82) is 0 Å². The van der Waals surface area contributed by atoms with Crippen LogP contribution in [0.3, 0.4) is 0 Å². The number of fused-ring (bicyclic) bond motifs is 1. The van der Waals surface area contributed by atoms with Crippen LogP contribution < -0.4 is 0 Å². The first-order valence-corrected chi connectivity index (χ1v) is 8.01. The smallest absolute Gasteiger partial charge is 0.179 e. The van der Waals surface area contributed by atoms with Gasteiger partial charge in [0.05, 0.1) is 11.7 Å². The van der Waals surface area contributed by atoms with E-state index in [1.54, 1.807) is 11.3 Å². The van der Waals surface area contributed by atoms with Crippen LogP contribution in [-0.2, 0) is 13.5 Å². The molecule has 0 fully saturated rings. The Morgan fingerprint density at radius 3 is 2.85 bits per heavy atom. The van der Waals surface area contributed by atoms with Gasteiger partial charge in [-0.05, 0) is 25.1 Å². The number of nitrogens with zero attached hydrogens (tertiary/aromatic N) is 4. The van der Waals surface area contributed by atoms with Crippen LogP contribution in [0.4, 0.5) is 0 Å². The predicted octanol–water partition coefficient (Wildman–Crippen LogP) is 3.45. The predicted molar refractivity (Wildman–Crippen MR) is 83.8 cm³/mol. The zero-order valence-electron chi connectivity index (χ0n) is 11.8. The molecule has 0 saturated carbocycles. The van der Waals surface area contributed by atoms with Crippen LogP contribution in [0.1, 0.15) is 37.0 Å². The summed E-state index contributed by atoms with van der Waals surface area (Å²) in [5.41, 5.74) is 3.16. The number of hydrogen-bond donors (Lipinski definition) is 1. The van der Waals surface area contributed by atoms with Gasteiger partial charge in [0.15, 0.2) is 10.4 Å². The minimum Gasteiger partial charge on any atom is -0.328 e. The van der Waals surface area contributed by atoms with E-state index < -0.39 is 0 Å². The molecule has 3 heterocycles. The van der Waals surface area contributed by atoms with Gasteiger partial charge in [0.2, 0.25) is 0 Å². The van der Waals surface area contributed by atoms with E-state index in [4.69, 9.17) is 12.2 Å². The first kappa shape index (κ1) is 13.5. The highest BCUT2D eigenvalue weighted by Gasteiger charge is 2.22. The maximum absolute atomic E-state index is 5.53. The summed E-state index contributed by atoms with van der Waals surface area (Å²) in [6.07, 6.45) is 3.68. The second-order valence-electron chi connectivity index (χ2n) is 4.72. The molecule has 0 saturated heterocycles. The minimum atomic E-state index is 0.163. The molecule has 7 heteroatoms. The molecule has 0 aromatic carbocycles. The fourth-order valence-electron chi connectivity index (χ4n) is 2.64. The van der Waals surface area contributed by atoms with Crippen molar-refractivity contribution >= 4 is 34.7 Å². The molecule has 20 heavy (non-hydrogen) atoms. The molecule has 0 bridgehead atoms. The van der Waals surface area contributed by atoms with Gasteiger partial charge < -0.3 is 4.98 Å². The van der Waals surface area contributed by atoms with Gasteiger partial charge in [-0.2, -0.15) is 5.10 Å². The largest absolute Gasteiger partial charge is 0.328 e. The molecule has 3 aromatic rings. The van der Waals surface area contributed by atoms with Crippen molar-refractivity contribution in [2.45, 2.75) is 32.7 Å². The summed E-state index contributed by atoms with van der Waals surface area (Å²) in [5.74, 6) is 0. The van der Waals surface area contributed by atoms with E-state index in [2.05, 4.69) is 33.5 Å². The quantitative estimate of drug-likeness (QED) is 0.751. The molecule has 0 radical (unpaired) electrons. The van der Waals surface area contributed by atoms with E-state index in [0.717, 1.165) is 39.5 Å². The van der Waals surface area contributed by atoms with Crippen molar-refractivity contribution in [3.8, 4) is 0 Å². The minimum absolute atomic E-state index is 0.163. The third-order valence-corrected chi connectivity index (χ3v) is 4.71. The summed E-state index contributed by atoms with van der Waals surface area (Å²) in [6.45, 7) is 4.26. The molecule has 3 rings (SSSR count). The fraction of sp³-hybridized carbons (Fsp3) is 0.462. The molecule has 106 valence electrons. The van der Waals surface area contributed by atoms with E-state index >= 15 is 0 Å². The van der Waals surface area contributed by atoms with E-state index in [0.29, 0.717) is 0 Å². The van der Waals surface area contributed by atoms with Gasteiger partial charge in [-0.3, -0.25) is 9.25 Å². The lowest BCUT2D eigenvalue weighted by Gasteiger charge is -2.15. The number of thiazole rings is 1. The van der Waals surface area contributed by atoms with Gasteiger partial charge in [0, 0.05) is 18.6 Å². The second kappa shape index (κ2) is 5.14. The van der Waals surface area contributed by atoms with Crippen molar-refractivity contribution in [3.05, 3.63) is 27.0 Å². The third-order valence-electron chi connectivity index (χ3n) is 3.54. The number of aromatic nitrogens is 5. The van der Waals surface area contributed by atoms with Crippen LogP contribution in [0, 0.1) is 4.77 Å². The lowest BCUT2D eigenvalue weighted by Crippen LogP contribution is -2.12. The van der Waals surface area contributed by atoms with Crippen LogP contribution in [0.5, 0.6) is 0 Å². The van der Waals surface area contributed by atoms with Gasteiger partial charge in [-0.1, -0.05) is 13.8 Å². The van der Waals surface area contributed by atoms with Crippen molar-refractivity contribution in [2.24, 2.45) is 7.05 Å². The maximum Gasteiger partial charge on any atom is 0.179 e. The molecule has 0 aliphatic heterocycles. The van der Waals surface area contributed by atoms with E-state index in [1.165, 1.54) is 0 Å². The maximum atomic E-state index is 5.53. The van der Waals surface area contributed by atoms with E-state index in [1.807, 2.05) is 23.3 Å². The lowest BCUT2D eigenvalue weighted by molar-refractivity contribution is 0.556.